The monoisotopic (exact) mass is 347 g/mol. The first-order chi connectivity index (χ1) is 10.1. The minimum Gasteiger partial charge on any atom is -0.307 e. The van der Waals surface area contributed by atoms with Crippen LogP contribution in [-0.2, 0) is 0 Å². The Morgan fingerprint density at radius 2 is 1.86 bits per heavy atom. The molecule has 3 rings (SSSR count). The second-order valence-corrected chi connectivity index (χ2v) is 6.78. The molecule has 3 heteroatoms. The van der Waals surface area contributed by atoms with E-state index in [2.05, 4.69) is 52.4 Å². The lowest BCUT2D eigenvalue weighted by molar-refractivity contribution is 0.270. The van der Waals surface area contributed by atoms with E-state index in [-0.39, 0.29) is 5.82 Å². The van der Waals surface area contributed by atoms with Crippen molar-refractivity contribution in [3.63, 3.8) is 0 Å². The topological polar surface area (TPSA) is 12.0 Å². The zero-order chi connectivity index (χ0) is 14.8. The molecule has 1 N–H and O–H groups in total. The largest absolute Gasteiger partial charge is 0.307 e. The van der Waals surface area contributed by atoms with E-state index in [9.17, 15) is 4.39 Å². The van der Waals surface area contributed by atoms with Gasteiger partial charge in [-0.15, -0.1) is 0 Å². The van der Waals surface area contributed by atoms with E-state index >= 15 is 0 Å². The first-order valence-electron chi connectivity index (χ1n) is 7.39. The van der Waals surface area contributed by atoms with Crippen molar-refractivity contribution in [1.29, 1.82) is 0 Å². The summed E-state index contributed by atoms with van der Waals surface area (Å²) in [6.45, 7) is 2.19. The average Bonchev–Trinajstić information content (AvgIpc) is 2.43. The third kappa shape index (κ3) is 3.53. The van der Waals surface area contributed by atoms with Crippen molar-refractivity contribution in [3.05, 3.63) is 69.9 Å². The molecule has 1 fully saturated rings. The Bertz CT molecular complexity index is 605. The molecule has 1 saturated carbocycles. The summed E-state index contributed by atoms with van der Waals surface area (Å²) in [5.41, 5.74) is 2.43. The van der Waals surface area contributed by atoms with Crippen molar-refractivity contribution < 1.29 is 4.39 Å². The molecule has 0 spiro atoms. The van der Waals surface area contributed by atoms with Gasteiger partial charge in [0.15, 0.2) is 0 Å². The molecule has 1 atom stereocenters. The molecule has 0 radical (unpaired) electrons. The van der Waals surface area contributed by atoms with Gasteiger partial charge in [0, 0.05) is 16.6 Å². The van der Waals surface area contributed by atoms with Gasteiger partial charge in [0.25, 0.3) is 0 Å². The summed E-state index contributed by atoms with van der Waals surface area (Å²) >= 11 is 3.46. The van der Waals surface area contributed by atoms with Crippen LogP contribution in [0.2, 0.25) is 0 Å². The van der Waals surface area contributed by atoms with Crippen molar-refractivity contribution in [1.82, 2.24) is 5.32 Å². The Morgan fingerprint density at radius 1 is 1.14 bits per heavy atom. The van der Waals surface area contributed by atoms with Crippen molar-refractivity contribution >= 4 is 15.9 Å². The fourth-order valence-corrected chi connectivity index (χ4v) is 3.25. The molecule has 1 unspecified atom stereocenters. The lowest BCUT2D eigenvalue weighted by Crippen LogP contribution is -2.41. The van der Waals surface area contributed by atoms with Crippen molar-refractivity contribution in [3.8, 4) is 0 Å². The van der Waals surface area contributed by atoms with Crippen LogP contribution in [0.1, 0.15) is 42.9 Å². The molecule has 0 heterocycles. The molecule has 0 amide bonds. The van der Waals surface area contributed by atoms with Gasteiger partial charge in [-0.05, 0) is 61.1 Å². The second kappa shape index (κ2) is 6.29. The minimum atomic E-state index is -0.132. The van der Waals surface area contributed by atoms with Crippen molar-refractivity contribution in [2.75, 3.05) is 0 Å². The number of hydrogen-bond acceptors (Lipinski definition) is 1. The molecule has 1 nitrogen and oxygen atoms in total. The van der Waals surface area contributed by atoms with Gasteiger partial charge in [0.2, 0.25) is 0 Å². The average molecular weight is 348 g/mol. The van der Waals surface area contributed by atoms with E-state index in [1.54, 1.807) is 12.1 Å². The fraction of sp³-hybridized carbons (Fsp3) is 0.333. The normalized spacial score (nSPS) is 22.6. The standard InChI is InChI=1S/C18H19BrFN/c1-12(13-5-7-16(19)8-6-13)21-18-10-15(11-18)14-3-2-4-17(20)9-14/h2-9,12,15,18,21H,10-11H2,1H3. The zero-order valence-corrected chi connectivity index (χ0v) is 13.6. The summed E-state index contributed by atoms with van der Waals surface area (Å²) in [4.78, 5) is 0. The van der Waals surface area contributed by atoms with Crippen LogP contribution in [0.25, 0.3) is 0 Å². The van der Waals surface area contributed by atoms with Crippen molar-refractivity contribution in [2.24, 2.45) is 0 Å². The smallest absolute Gasteiger partial charge is 0.123 e. The summed E-state index contributed by atoms with van der Waals surface area (Å²) in [6.07, 6.45) is 2.18. The van der Waals surface area contributed by atoms with E-state index in [0.717, 1.165) is 22.9 Å². The molecular weight excluding hydrogens is 329 g/mol. The quantitative estimate of drug-likeness (QED) is 0.802. The number of nitrogens with one attached hydrogen (secondary N) is 1. The predicted molar refractivity (Wildman–Crippen MR) is 87.9 cm³/mol. The maximum Gasteiger partial charge on any atom is 0.123 e. The summed E-state index contributed by atoms with van der Waals surface area (Å²) in [6, 6.07) is 16.3. The maximum atomic E-state index is 13.2. The SMILES string of the molecule is CC(NC1CC(c2cccc(F)c2)C1)c1ccc(Br)cc1. The van der Waals surface area contributed by atoms with Crippen LogP contribution < -0.4 is 5.32 Å². The zero-order valence-electron chi connectivity index (χ0n) is 12.0. The van der Waals surface area contributed by atoms with E-state index in [4.69, 9.17) is 0 Å². The highest BCUT2D eigenvalue weighted by atomic mass is 79.9. The number of halogens is 2. The van der Waals surface area contributed by atoms with E-state index in [1.165, 1.54) is 11.6 Å². The van der Waals surface area contributed by atoms with Gasteiger partial charge in [-0.25, -0.2) is 4.39 Å². The maximum absolute atomic E-state index is 13.2. The highest BCUT2D eigenvalue weighted by Gasteiger charge is 2.31. The molecule has 2 aromatic carbocycles. The van der Waals surface area contributed by atoms with Crippen LogP contribution >= 0.6 is 15.9 Å². The Hall–Kier alpha value is -1.19. The molecule has 0 aliphatic heterocycles. The van der Waals surface area contributed by atoms with Gasteiger partial charge in [-0.3, -0.25) is 0 Å². The minimum absolute atomic E-state index is 0.132. The molecule has 0 saturated heterocycles. The van der Waals surface area contributed by atoms with Gasteiger partial charge < -0.3 is 5.32 Å². The van der Waals surface area contributed by atoms with Crippen LogP contribution in [0.5, 0.6) is 0 Å². The van der Waals surface area contributed by atoms with Gasteiger partial charge in [-0.1, -0.05) is 40.2 Å². The molecule has 110 valence electrons. The predicted octanol–water partition coefficient (Wildman–Crippen LogP) is 5.19. The molecular formula is C18H19BrFN. The summed E-state index contributed by atoms with van der Waals surface area (Å²) < 4.78 is 14.3. The van der Waals surface area contributed by atoms with E-state index in [0.29, 0.717) is 18.0 Å². The van der Waals surface area contributed by atoms with E-state index < -0.39 is 0 Å². The fourth-order valence-electron chi connectivity index (χ4n) is 2.99. The van der Waals surface area contributed by atoms with Crippen molar-refractivity contribution in [2.45, 2.75) is 37.8 Å². The third-order valence-corrected chi connectivity index (χ3v) is 4.84. The first kappa shape index (κ1) is 14.7. The molecule has 21 heavy (non-hydrogen) atoms. The Balaban J connectivity index is 1.54. The van der Waals surface area contributed by atoms with Gasteiger partial charge in [0.1, 0.15) is 5.82 Å². The highest BCUT2D eigenvalue weighted by molar-refractivity contribution is 9.10. The van der Waals surface area contributed by atoms with Gasteiger partial charge in [0.05, 0.1) is 0 Å². The molecule has 0 aromatic heterocycles. The number of hydrogen-bond donors (Lipinski definition) is 1. The first-order valence-corrected chi connectivity index (χ1v) is 8.18. The van der Waals surface area contributed by atoms with Crippen LogP contribution in [0, 0.1) is 5.82 Å². The Labute approximate surface area is 133 Å². The highest BCUT2D eigenvalue weighted by Crippen LogP contribution is 2.38. The van der Waals surface area contributed by atoms with Gasteiger partial charge >= 0.3 is 0 Å². The molecule has 2 aromatic rings. The number of rotatable bonds is 4. The lowest BCUT2D eigenvalue weighted by atomic mass is 9.75. The van der Waals surface area contributed by atoms with E-state index in [1.807, 2.05) is 6.07 Å². The third-order valence-electron chi connectivity index (χ3n) is 4.31. The summed E-state index contributed by atoms with van der Waals surface area (Å²) in [5.74, 6) is 0.363. The summed E-state index contributed by atoms with van der Waals surface area (Å²) in [7, 11) is 0. The molecule has 0 bridgehead atoms. The van der Waals surface area contributed by atoms with Gasteiger partial charge in [-0.2, -0.15) is 0 Å². The van der Waals surface area contributed by atoms with Crippen LogP contribution in [0.3, 0.4) is 0 Å². The Morgan fingerprint density at radius 3 is 2.52 bits per heavy atom. The van der Waals surface area contributed by atoms with Crippen LogP contribution in [0.4, 0.5) is 4.39 Å². The number of benzene rings is 2. The Kier molecular flexibility index (Phi) is 4.41. The second-order valence-electron chi connectivity index (χ2n) is 5.86. The van der Waals surface area contributed by atoms with Crippen LogP contribution in [-0.4, -0.2) is 6.04 Å². The molecule has 1 aliphatic carbocycles. The lowest BCUT2D eigenvalue weighted by Gasteiger charge is -2.38. The summed E-state index contributed by atoms with van der Waals surface area (Å²) in [5, 5.41) is 3.66. The van der Waals surface area contributed by atoms with Crippen LogP contribution in [0.15, 0.2) is 53.0 Å². The molecule has 1 aliphatic rings.